The van der Waals surface area contributed by atoms with Crippen molar-refractivity contribution in [1.29, 1.82) is 0 Å². The van der Waals surface area contributed by atoms with E-state index in [0.717, 1.165) is 42.6 Å². The maximum absolute atomic E-state index is 12.9. The topological polar surface area (TPSA) is 40.5 Å². The van der Waals surface area contributed by atoms with Crippen LogP contribution in [0.1, 0.15) is 31.0 Å². The number of urea groups is 1. The van der Waals surface area contributed by atoms with Crippen LogP contribution in [0, 0.1) is 6.92 Å². The zero-order valence-electron chi connectivity index (χ0n) is 17.9. The van der Waals surface area contributed by atoms with Gasteiger partial charge in [0, 0.05) is 41.7 Å². The second kappa shape index (κ2) is 7.75. The van der Waals surface area contributed by atoms with Gasteiger partial charge in [0.1, 0.15) is 0 Å². The van der Waals surface area contributed by atoms with Gasteiger partial charge in [-0.1, -0.05) is 28.1 Å². The minimum atomic E-state index is -0.0917. The molecule has 0 unspecified atom stereocenters. The molecule has 1 aromatic heterocycles. The number of fused-ring (bicyclic) bond motifs is 4. The van der Waals surface area contributed by atoms with E-state index >= 15 is 0 Å². The molecule has 0 saturated carbocycles. The van der Waals surface area contributed by atoms with Crippen molar-refractivity contribution in [3.8, 4) is 5.69 Å². The molecule has 31 heavy (non-hydrogen) atoms. The lowest BCUT2D eigenvalue weighted by molar-refractivity contribution is 0.161. The van der Waals surface area contributed by atoms with Crippen LogP contribution in [0.3, 0.4) is 0 Å². The molecule has 2 aromatic carbocycles. The number of anilines is 2. The number of benzene rings is 2. The van der Waals surface area contributed by atoms with Crippen LogP contribution < -0.4 is 10.2 Å². The maximum atomic E-state index is 12.9. The lowest BCUT2D eigenvalue weighted by Crippen LogP contribution is -2.57. The summed E-state index contributed by atoms with van der Waals surface area (Å²) < 4.78 is 3.30. The molecule has 2 amide bonds. The average molecular weight is 479 g/mol. The maximum Gasteiger partial charge on any atom is 0.321 e. The molecule has 1 fully saturated rings. The molecule has 2 aliphatic heterocycles. The van der Waals surface area contributed by atoms with Crippen molar-refractivity contribution < 1.29 is 4.79 Å². The number of aromatic nitrogens is 1. The van der Waals surface area contributed by atoms with Crippen molar-refractivity contribution in [2.75, 3.05) is 29.9 Å². The molecule has 1 N–H and O–H groups in total. The highest BCUT2D eigenvalue weighted by molar-refractivity contribution is 9.10. The summed E-state index contributed by atoms with van der Waals surface area (Å²) in [5.41, 5.74) is 5.86. The van der Waals surface area contributed by atoms with Gasteiger partial charge in [-0.3, -0.25) is 0 Å². The molecule has 0 aliphatic carbocycles. The van der Waals surface area contributed by atoms with Gasteiger partial charge in [0.2, 0.25) is 0 Å². The number of rotatable bonds is 2. The third kappa shape index (κ3) is 3.33. The van der Waals surface area contributed by atoms with Gasteiger partial charge in [0.25, 0.3) is 0 Å². The Morgan fingerprint density at radius 3 is 2.61 bits per heavy atom. The highest BCUT2D eigenvalue weighted by Gasteiger charge is 2.46. The highest BCUT2D eigenvalue weighted by Crippen LogP contribution is 2.48. The number of nitrogens with zero attached hydrogens (tertiary/aromatic N) is 3. The van der Waals surface area contributed by atoms with Gasteiger partial charge >= 0.3 is 6.03 Å². The Balaban J connectivity index is 1.42. The van der Waals surface area contributed by atoms with Gasteiger partial charge in [-0.05, 0) is 74.7 Å². The summed E-state index contributed by atoms with van der Waals surface area (Å²) in [6.45, 7) is 6.77. The summed E-state index contributed by atoms with van der Waals surface area (Å²) in [6, 6.07) is 18.8. The zero-order valence-corrected chi connectivity index (χ0v) is 19.5. The average Bonchev–Trinajstić information content (AvgIpc) is 3.25. The standard InChI is InChI=1S/C25H27BrN4O/c1-3-30-22-16-18(2)9-10-21(22)29-13-5-8-23(29)25(30)11-14-28(15-12-25)24(31)27-20-7-4-6-19(26)17-20/h4-10,13,16-17H,3,11-12,14-15H2,1-2H3,(H,27,31). The number of nitrogens with one attached hydrogen (secondary N) is 1. The molecule has 2 aliphatic rings. The van der Waals surface area contributed by atoms with E-state index in [9.17, 15) is 4.79 Å². The van der Waals surface area contributed by atoms with Crippen LogP contribution in [-0.2, 0) is 5.54 Å². The Morgan fingerprint density at radius 2 is 1.87 bits per heavy atom. The van der Waals surface area contributed by atoms with E-state index in [-0.39, 0.29) is 11.6 Å². The zero-order chi connectivity index (χ0) is 21.6. The second-order valence-corrected chi connectivity index (χ2v) is 9.37. The molecule has 1 saturated heterocycles. The van der Waals surface area contributed by atoms with E-state index in [2.05, 4.69) is 81.1 Å². The fourth-order valence-corrected chi connectivity index (χ4v) is 5.64. The first kappa shape index (κ1) is 20.2. The smallest absolute Gasteiger partial charge is 0.321 e. The van der Waals surface area contributed by atoms with E-state index in [1.807, 2.05) is 29.2 Å². The normalized spacial score (nSPS) is 16.7. The molecule has 5 rings (SSSR count). The summed E-state index contributed by atoms with van der Waals surface area (Å²) in [6.07, 6.45) is 3.98. The minimum absolute atomic E-state index is 0.0292. The van der Waals surface area contributed by atoms with Crippen LogP contribution in [0.15, 0.2) is 65.3 Å². The van der Waals surface area contributed by atoms with E-state index in [1.165, 1.54) is 22.6 Å². The van der Waals surface area contributed by atoms with Gasteiger partial charge in [-0.25, -0.2) is 4.79 Å². The number of carbonyl (C=O) groups is 1. The summed E-state index contributed by atoms with van der Waals surface area (Å²) >= 11 is 3.47. The summed E-state index contributed by atoms with van der Waals surface area (Å²) in [4.78, 5) is 17.4. The Kier molecular flexibility index (Phi) is 5.05. The van der Waals surface area contributed by atoms with Crippen LogP contribution in [0.25, 0.3) is 5.69 Å². The first-order chi connectivity index (χ1) is 15.0. The monoisotopic (exact) mass is 478 g/mol. The van der Waals surface area contributed by atoms with E-state index in [0.29, 0.717) is 0 Å². The number of halogens is 1. The number of hydrogen-bond donors (Lipinski definition) is 1. The minimum Gasteiger partial charge on any atom is -0.359 e. The summed E-state index contributed by atoms with van der Waals surface area (Å²) in [7, 11) is 0. The Morgan fingerprint density at radius 1 is 1.06 bits per heavy atom. The molecule has 3 heterocycles. The quantitative estimate of drug-likeness (QED) is 0.497. The van der Waals surface area contributed by atoms with Gasteiger partial charge in [-0.2, -0.15) is 0 Å². The van der Waals surface area contributed by atoms with Gasteiger partial charge in [0.15, 0.2) is 0 Å². The van der Waals surface area contributed by atoms with Crippen LogP contribution in [0.5, 0.6) is 0 Å². The lowest BCUT2D eigenvalue weighted by atomic mass is 9.80. The fourth-order valence-electron chi connectivity index (χ4n) is 5.24. The third-order valence-electron chi connectivity index (χ3n) is 6.69. The second-order valence-electron chi connectivity index (χ2n) is 8.46. The molecule has 3 aromatic rings. The first-order valence-corrected chi connectivity index (χ1v) is 11.7. The van der Waals surface area contributed by atoms with Crippen LogP contribution >= 0.6 is 15.9 Å². The molecular weight excluding hydrogens is 452 g/mol. The number of amides is 2. The molecule has 6 heteroatoms. The molecule has 0 radical (unpaired) electrons. The molecule has 0 atom stereocenters. The van der Waals surface area contributed by atoms with E-state index < -0.39 is 0 Å². The Hall–Kier alpha value is -2.73. The van der Waals surface area contributed by atoms with Crippen molar-refractivity contribution in [1.82, 2.24) is 9.47 Å². The van der Waals surface area contributed by atoms with Crippen LogP contribution in [-0.4, -0.2) is 35.1 Å². The van der Waals surface area contributed by atoms with Crippen molar-refractivity contribution in [3.63, 3.8) is 0 Å². The molecule has 160 valence electrons. The van der Waals surface area contributed by atoms with Crippen molar-refractivity contribution in [2.45, 2.75) is 32.2 Å². The van der Waals surface area contributed by atoms with Crippen LogP contribution in [0.4, 0.5) is 16.2 Å². The lowest BCUT2D eigenvalue weighted by Gasteiger charge is -2.53. The van der Waals surface area contributed by atoms with Gasteiger partial charge < -0.3 is 19.7 Å². The molecule has 0 bridgehead atoms. The first-order valence-electron chi connectivity index (χ1n) is 10.9. The highest BCUT2D eigenvalue weighted by atomic mass is 79.9. The molecule has 5 nitrogen and oxygen atoms in total. The van der Waals surface area contributed by atoms with Gasteiger partial charge in [0.05, 0.1) is 16.9 Å². The predicted octanol–water partition coefficient (Wildman–Crippen LogP) is 5.91. The van der Waals surface area contributed by atoms with E-state index in [1.54, 1.807) is 0 Å². The largest absolute Gasteiger partial charge is 0.359 e. The van der Waals surface area contributed by atoms with Crippen molar-refractivity contribution in [3.05, 3.63) is 76.5 Å². The Labute approximate surface area is 191 Å². The fraction of sp³-hybridized carbons (Fsp3) is 0.320. The molecule has 1 spiro atoms. The van der Waals surface area contributed by atoms with E-state index in [4.69, 9.17) is 0 Å². The number of hydrogen-bond acceptors (Lipinski definition) is 2. The number of likely N-dealkylation sites (tertiary alicyclic amines) is 1. The van der Waals surface area contributed by atoms with Crippen molar-refractivity contribution in [2.24, 2.45) is 0 Å². The summed E-state index contributed by atoms with van der Waals surface area (Å²) in [5, 5.41) is 3.04. The van der Waals surface area contributed by atoms with Crippen LogP contribution in [0.2, 0.25) is 0 Å². The number of aryl methyl sites for hydroxylation is 1. The third-order valence-corrected chi connectivity index (χ3v) is 7.19. The predicted molar refractivity (Wildman–Crippen MR) is 129 cm³/mol. The number of piperidine rings is 1. The molecular formula is C25H27BrN4O. The van der Waals surface area contributed by atoms with Gasteiger partial charge in [-0.15, -0.1) is 0 Å². The van der Waals surface area contributed by atoms with Crippen molar-refractivity contribution >= 4 is 33.3 Å². The summed E-state index contributed by atoms with van der Waals surface area (Å²) in [5.74, 6) is 0. The Bertz CT molecular complexity index is 1130. The SMILES string of the molecule is CCN1c2cc(C)ccc2-n2cccc2C12CCN(C(=O)Nc1cccc(Br)c1)CC2. The number of carbonyl (C=O) groups excluding carboxylic acids is 1.